The molecule has 5 atom stereocenters. The van der Waals surface area contributed by atoms with E-state index in [4.69, 9.17) is 4.74 Å². The normalized spacial score (nSPS) is 30.2. The molecule has 0 aromatic heterocycles. The molecule has 2 amide bonds. The van der Waals surface area contributed by atoms with Crippen LogP contribution in [0, 0.1) is 5.92 Å². The average molecular weight is 409 g/mol. The van der Waals surface area contributed by atoms with Crippen LogP contribution in [-0.4, -0.2) is 54.0 Å². The van der Waals surface area contributed by atoms with Crippen molar-refractivity contribution in [3.8, 4) is 0 Å². The van der Waals surface area contributed by atoms with E-state index in [2.05, 4.69) is 10.6 Å². The Balaban J connectivity index is 2.05. The van der Waals surface area contributed by atoms with Crippen LogP contribution in [0.25, 0.3) is 0 Å². The maximum absolute atomic E-state index is 13.0. The highest BCUT2D eigenvalue weighted by Gasteiger charge is 2.64. The Kier molecular flexibility index (Phi) is 5.41. The number of rotatable bonds is 5. The van der Waals surface area contributed by atoms with Crippen molar-refractivity contribution >= 4 is 31.5 Å². The van der Waals surface area contributed by atoms with E-state index in [9.17, 15) is 24.6 Å². The lowest BCUT2D eigenvalue weighted by Crippen LogP contribution is -2.43. The Bertz CT molecular complexity index is 793. The molecule has 2 heterocycles. The fraction of sp³-hybridized carbons (Fsp3) is 0.579. The second kappa shape index (κ2) is 7.23. The van der Waals surface area contributed by atoms with Gasteiger partial charge in [-0.1, -0.05) is 6.92 Å². The molecule has 1 fully saturated rings. The van der Waals surface area contributed by atoms with Crippen LogP contribution in [0.2, 0.25) is 18.6 Å². The van der Waals surface area contributed by atoms with Crippen molar-refractivity contribution in [1.82, 2.24) is 0 Å². The van der Waals surface area contributed by atoms with Gasteiger partial charge in [0.1, 0.15) is 6.10 Å². The SMILES string of the molecule is C[C@H](O)C(=O)Nc1ccc2c(c1)[C@]1(O[C@@H](CCO)[C@H]([Si](C)(C)O)[C@H]1C)C(=O)N2. The van der Waals surface area contributed by atoms with Crippen molar-refractivity contribution in [2.75, 3.05) is 17.2 Å². The van der Waals surface area contributed by atoms with Crippen LogP contribution in [-0.2, 0) is 19.9 Å². The highest BCUT2D eigenvalue weighted by atomic mass is 28.4. The van der Waals surface area contributed by atoms with E-state index < -0.39 is 32.0 Å². The fourth-order valence-electron chi connectivity index (χ4n) is 4.62. The molecule has 0 saturated carbocycles. The second-order valence-corrected chi connectivity index (χ2v) is 12.2. The zero-order valence-corrected chi connectivity index (χ0v) is 17.5. The number of ether oxygens (including phenoxy) is 1. The van der Waals surface area contributed by atoms with Crippen LogP contribution in [0.3, 0.4) is 0 Å². The zero-order valence-electron chi connectivity index (χ0n) is 16.5. The van der Waals surface area contributed by atoms with Crippen molar-refractivity contribution in [3.63, 3.8) is 0 Å². The summed E-state index contributed by atoms with van der Waals surface area (Å²) in [5, 5.41) is 24.4. The summed E-state index contributed by atoms with van der Waals surface area (Å²) < 4.78 is 6.29. The molecule has 2 aliphatic rings. The van der Waals surface area contributed by atoms with Crippen molar-refractivity contribution < 1.29 is 29.3 Å². The minimum Gasteiger partial charge on any atom is -0.432 e. The molecule has 0 aliphatic carbocycles. The van der Waals surface area contributed by atoms with Gasteiger partial charge in [-0.05, 0) is 44.6 Å². The number of aliphatic hydroxyl groups is 2. The van der Waals surface area contributed by atoms with E-state index in [0.29, 0.717) is 23.4 Å². The largest absolute Gasteiger partial charge is 0.432 e. The number of benzene rings is 1. The van der Waals surface area contributed by atoms with Gasteiger partial charge in [-0.15, -0.1) is 0 Å². The van der Waals surface area contributed by atoms with Crippen molar-refractivity contribution in [1.29, 1.82) is 0 Å². The molecule has 3 rings (SSSR count). The van der Waals surface area contributed by atoms with Crippen LogP contribution in [0.4, 0.5) is 11.4 Å². The van der Waals surface area contributed by atoms with Gasteiger partial charge >= 0.3 is 0 Å². The lowest BCUT2D eigenvalue weighted by molar-refractivity contribution is -0.143. The Morgan fingerprint density at radius 2 is 2.11 bits per heavy atom. The topological polar surface area (TPSA) is 128 Å². The molecular formula is C19H28N2O6Si. The van der Waals surface area contributed by atoms with E-state index in [0.717, 1.165) is 0 Å². The third-order valence-electron chi connectivity index (χ3n) is 5.80. The summed E-state index contributed by atoms with van der Waals surface area (Å²) in [4.78, 5) is 35.7. The third-order valence-corrected chi connectivity index (χ3v) is 8.30. The minimum absolute atomic E-state index is 0.104. The maximum atomic E-state index is 13.0. The number of carbonyl (C=O) groups excluding carboxylic acids is 2. The van der Waals surface area contributed by atoms with Gasteiger partial charge in [0, 0.05) is 35.0 Å². The van der Waals surface area contributed by atoms with Gasteiger partial charge in [0.15, 0.2) is 13.9 Å². The van der Waals surface area contributed by atoms with Crippen molar-refractivity contribution in [2.45, 2.75) is 56.7 Å². The van der Waals surface area contributed by atoms with Crippen molar-refractivity contribution in [2.24, 2.45) is 5.92 Å². The Labute approximate surface area is 165 Å². The van der Waals surface area contributed by atoms with Crippen LogP contribution >= 0.6 is 0 Å². The molecule has 1 spiro atoms. The number of nitrogens with one attached hydrogen (secondary N) is 2. The Hall–Kier alpha value is -1.78. The fourth-order valence-corrected chi connectivity index (χ4v) is 7.22. The molecule has 154 valence electrons. The summed E-state index contributed by atoms with van der Waals surface area (Å²) in [6, 6.07) is 5.01. The first-order valence-electron chi connectivity index (χ1n) is 9.48. The smallest absolute Gasteiger partial charge is 0.261 e. The van der Waals surface area contributed by atoms with Gasteiger partial charge in [0.2, 0.25) is 0 Å². The summed E-state index contributed by atoms with van der Waals surface area (Å²) in [6.07, 6.45) is -1.28. The van der Waals surface area contributed by atoms with Crippen molar-refractivity contribution in [3.05, 3.63) is 23.8 Å². The molecular weight excluding hydrogens is 380 g/mol. The molecule has 0 unspecified atom stereocenters. The number of fused-ring (bicyclic) bond motifs is 2. The van der Waals surface area contributed by atoms with Gasteiger partial charge in [0.05, 0.1) is 6.10 Å². The number of amides is 2. The molecule has 1 saturated heterocycles. The van der Waals surface area contributed by atoms with E-state index >= 15 is 0 Å². The van der Waals surface area contributed by atoms with Gasteiger partial charge in [-0.2, -0.15) is 0 Å². The molecule has 1 aromatic carbocycles. The van der Waals surface area contributed by atoms with Crippen LogP contribution in [0.1, 0.15) is 25.8 Å². The molecule has 0 bridgehead atoms. The molecule has 2 aliphatic heterocycles. The van der Waals surface area contributed by atoms with Crippen LogP contribution in [0.15, 0.2) is 18.2 Å². The summed E-state index contributed by atoms with van der Waals surface area (Å²) in [5.41, 5.74) is 0.0918. The predicted octanol–water partition coefficient (Wildman–Crippen LogP) is 1.14. The van der Waals surface area contributed by atoms with Gasteiger partial charge < -0.3 is 30.4 Å². The summed E-state index contributed by atoms with van der Waals surface area (Å²) in [5.74, 6) is -1.18. The first-order chi connectivity index (χ1) is 13.0. The minimum atomic E-state index is -2.71. The molecule has 8 nitrogen and oxygen atoms in total. The Morgan fingerprint density at radius 3 is 2.68 bits per heavy atom. The number of anilines is 2. The lowest BCUT2D eigenvalue weighted by Gasteiger charge is -2.32. The van der Waals surface area contributed by atoms with E-state index in [1.54, 1.807) is 18.2 Å². The van der Waals surface area contributed by atoms with E-state index in [-0.39, 0.29) is 24.0 Å². The third kappa shape index (κ3) is 3.27. The van der Waals surface area contributed by atoms with E-state index in [1.165, 1.54) is 6.92 Å². The predicted molar refractivity (Wildman–Crippen MR) is 106 cm³/mol. The number of carbonyl (C=O) groups is 2. The molecule has 9 heteroatoms. The lowest BCUT2D eigenvalue weighted by atomic mass is 9.82. The quantitative estimate of drug-likeness (QED) is 0.465. The van der Waals surface area contributed by atoms with Crippen LogP contribution < -0.4 is 10.6 Å². The summed E-state index contributed by atoms with van der Waals surface area (Å²) in [6.45, 7) is 6.79. The number of aliphatic hydroxyl groups excluding tert-OH is 2. The maximum Gasteiger partial charge on any atom is 0.261 e. The summed E-state index contributed by atoms with van der Waals surface area (Å²) >= 11 is 0. The van der Waals surface area contributed by atoms with Gasteiger partial charge in [0.25, 0.3) is 11.8 Å². The highest BCUT2D eigenvalue weighted by molar-refractivity contribution is 6.71. The Morgan fingerprint density at radius 1 is 1.43 bits per heavy atom. The highest BCUT2D eigenvalue weighted by Crippen LogP contribution is 2.58. The van der Waals surface area contributed by atoms with Gasteiger partial charge in [-0.25, -0.2) is 0 Å². The second-order valence-electron chi connectivity index (χ2n) is 8.25. The van der Waals surface area contributed by atoms with Crippen LogP contribution in [0.5, 0.6) is 0 Å². The number of hydrogen-bond donors (Lipinski definition) is 5. The molecule has 28 heavy (non-hydrogen) atoms. The monoisotopic (exact) mass is 408 g/mol. The van der Waals surface area contributed by atoms with E-state index in [1.807, 2.05) is 20.0 Å². The summed E-state index contributed by atoms with van der Waals surface area (Å²) in [7, 11) is -2.71. The number of hydrogen-bond acceptors (Lipinski definition) is 6. The average Bonchev–Trinajstić information content (AvgIpc) is 3.03. The molecule has 1 aromatic rings. The molecule has 0 radical (unpaired) electrons. The van der Waals surface area contributed by atoms with Gasteiger partial charge in [-0.3, -0.25) is 9.59 Å². The standard InChI is InChI=1S/C19H28N2O6Si/c1-10-16(28(3,4)26)15(7-8-22)27-19(10)13-9-12(20-17(24)11(2)23)5-6-14(13)21-18(19)25/h5-6,9-11,15-16,22-23,26H,7-8H2,1-4H3,(H,20,24)(H,21,25)/t10-,11+,15+,16-,19+/m1/s1. The molecule has 5 N–H and O–H groups in total. The first-order valence-corrected chi connectivity index (χ1v) is 12.5. The first kappa shape index (κ1) is 20.9. The zero-order chi connectivity index (χ0) is 20.9.